The van der Waals surface area contributed by atoms with Crippen LogP contribution in [-0.4, -0.2) is 33.2 Å². The molecule has 0 saturated carbocycles. The normalized spacial score (nSPS) is 11.4. The average Bonchev–Trinajstić information content (AvgIpc) is 2.50. The fourth-order valence-electron chi connectivity index (χ4n) is 0.937. The van der Waals surface area contributed by atoms with Crippen LogP contribution in [0.5, 0.6) is 0 Å². The second-order valence-electron chi connectivity index (χ2n) is 2.86. The molecule has 0 aliphatic rings. The fourth-order valence-corrected chi connectivity index (χ4v) is 0.937. The number of nitrogens with two attached hydrogens (primary N) is 3. The van der Waals surface area contributed by atoms with Crippen molar-refractivity contribution < 1.29 is 0 Å². The largest absolute Gasteiger partial charge is 0.370 e. The van der Waals surface area contributed by atoms with E-state index < -0.39 is 0 Å². The predicted octanol–water partition coefficient (Wildman–Crippen LogP) is -2.05. The molecule has 6 N–H and O–H groups in total. The maximum atomic E-state index is 5.40. The summed E-state index contributed by atoms with van der Waals surface area (Å²) in [5, 5.41) is 4.08. The molecule has 0 bridgehead atoms. The number of hydrogen-bond acceptors (Lipinski definition) is 3. The molecule has 0 fully saturated rings. The maximum absolute atomic E-state index is 5.40. The minimum Gasteiger partial charge on any atom is -0.370 e. The van der Waals surface area contributed by atoms with E-state index in [0.717, 1.165) is 0 Å². The van der Waals surface area contributed by atoms with E-state index in [1.54, 1.807) is 18.1 Å². The zero-order valence-electron chi connectivity index (χ0n) is 8.46. The highest BCUT2D eigenvalue weighted by Crippen LogP contribution is 1.90. The summed E-state index contributed by atoms with van der Waals surface area (Å²) in [7, 11) is 1.80. The second kappa shape index (κ2) is 4.94. The fraction of sp³-hybridized carbons (Fsp3) is 0.429. The van der Waals surface area contributed by atoms with Crippen LogP contribution < -0.4 is 17.2 Å². The SMILES string of the molecule is Cn1cnc(CCN=C(N)N=C(N)N)n1. The molecule has 0 aromatic carbocycles. The van der Waals surface area contributed by atoms with Crippen LogP contribution in [0.15, 0.2) is 16.3 Å². The molecule has 0 aliphatic carbocycles. The summed E-state index contributed by atoms with van der Waals surface area (Å²) < 4.78 is 1.62. The highest BCUT2D eigenvalue weighted by atomic mass is 15.3. The lowest BCUT2D eigenvalue weighted by atomic mass is 10.4. The monoisotopic (exact) mass is 210 g/mol. The number of aryl methyl sites for hydroxylation is 1. The Morgan fingerprint density at radius 1 is 1.47 bits per heavy atom. The first kappa shape index (κ1) is 11.0. The summed E-state index contributed by atoms with van der Waals surface area (Å²) in [4.78, 5) is 11.5. The topological polar surface area (TPSA) is 133 Å². The van der Waals surface area contributed by atoms with Gasteiger partial charge in [0.15, 0.2) is 11.8 Å². The van der Waals surface area contributed by atoms with E-state index in [2.05, 4.69) is 20.1 Å². The Hall–Kier alpha value is -2.12. The molecule has 0 unspecified atom stereocenters. The average molecular weight is 210 g/mol. The van der Waals surface area contributed by atoms with E-state index in [1.165, 1.54) is 0 Å². The van der Waals surface area contributed by atoms with Crippen molar-refractivity contribution >= 4 is 11.9 Å². The van der Waals surface area contributed by atoms with Crippen LogP contribution >= 0.6 is 0 Å². The zero-order chi connectivity index (χ0) is 11.3. The lowest BCUT2D eigenvalue weighted by molar-refractivity contribution is 0.739. The van der Waals surface area contributed by atoms with Crippen molar-refractivity contribution in [1.82, 2.24) is 14.8 Å². The predicted molar refractivity (Wildman–Crippen MR) is 57.0 cm³/mol. The molecule has 0 aliphatic heterocycles. The van der Waals surface area contributed by atoms with Gasteiger partial charge >= 0.3 is 0 Å². The Morgan fingerprint density at radius 2 is 2.20 bits per heavy atom. The van der Waals surface area contributed by atoms with Crippen molar-refractivity contribution in [2.75, 3.05) is 6.54 Å². The number of nitrogens with zero attached hydrogens (tertiary/aromatic N) is 5. The highest BCUT2D eigenvalue weighted by Gasteiger charge is 1.97. The van der Waals surface area contributed by atoms with Crippen molar-refractivity contribution in [3.8, 4) is 0 Å². The molecule has 15 heavy (non-hydrogen) atoms. The van der Waals surface area contributed by atoms with Gasteiger partial charge < -0.3 is 17.2 Å². The molecular weight excluding hydrogens is 196 g/mol. The van der Waals surface area contributed by atoms with Crippen LogP contribution in [0, 0.1) is 0 Å². The zero-order valence-corrected chi connectivity index (χ0v) is 8.46. The number of guanidine groups is 2. The molecule has 0 spiro atoms. The Morgan fingerprint density at radius 3 is 2.73 bits per heavy atom. The van der Waals surface area contributed by atoms with Gasteiger partial charge in [-0.3, -0.25) is 9.67 Å². The molecule has 1 rings (SSSR count). The van der Waals surface area contributed by atoms with Gasteiger partial charge in [-0.2, -0.15) is 10.1 Å². The number of hydrogen-bond donors (Lipinski definition) is 3. The van der Waals surface area contributed by atoms with Crippen molar-refractivity contribution in [2.45, 2.75) is 6.42 Å². The Bertz CT molecular complexity index is 372. The first-order valence-corrected chi connectivity index (χ1v) is 4.32. The number of aromatic nitrogens is 3. The molecule has 8 nitrogen and oxygen atoms in total. The van der Waals surface area contributed by atoms with Gasteiger partial charge in [0.2, 0.25) is 5.96 Å². The first-order chi connectivity index (χ1) is 7.08. The Labute approximate surface area is 86.9 Å². The van der Waals surface area contributed by atoms with Crippen molar-refractivity contribution in [3.05, 3.63) is 12.2 Å². The molecule has 1 aromatic heterocycles. The molecule has 0 atom stereocenters. The molecule has 1 heterocycles. The van der Waals surface area contributed by atoms with Gasteiger partial charge in [0.25, 0.3) is 0 Å². The van der Waals surface area contributed by atoms with Gasteiger partial charge in [-0.05, 0) is 0 Å². The van der Waals surface area contributed by atoms with Crippen LogP contribution in [0.1, 0.15) is 5.82 Å². The summed E-state index contributed by atoms with van der Waals surface area (Å²) in [6.45, 7) is 0.451. The summed E-state index contributed by atoms with van der Waals surface area (Å²) in [5.41, 5.74) is 15.6. The van der Waals surface area contributed by atoms with Gasteiger partial charge in [-0.25, -0.2) is 4.98 Å². The molecule has 1 aromatic rings. The van der Waals surface area contributed by atoms with E-state index in [1.807, 2.05) is 0 Å². The second-order valence-corrected chi connectivity index (χ2v) is 2.86. The Balaban J connectivity index is 2.42. The molecular formula is C7H14N8. The lowest BCUT2D eigenvalue weighted by Gasteiger charge is -1.94. The molecule has 82 valence electrons. The van der Waals surface area contributed by atoms with Gasteiger partial charge in [0.1, 0.15) is 6.33 Å². The Kier molecular flexibility index (Phi) is 3.61. The number of rotatable bonds is 3. The minimum absolute atomic E-state index is 0.0610. The van der Waals surface area contributed by atoms with E-state index in [4.69, 9.17) is 17.2 Å². The van der Waals surface area contributed by atoms with Crippen molar-refractivity contribution in [3.63, 3.8) is 0 Å². The van der Waals surface area contributed by atoms with Gasteiger partial charge in [0.05, 0.1) is 0 Å². The van der Waals surface area contributed by atoms with E-state index >= 15 is 0 Å². The maximum Gasteiger partial charge on any atom is 0.218 e. The van der Waals surface area contributed by atoms with Gasteiger partial charge in [-0.15, -0.1) is 0 Å². The molecule has 0 amide bonds. The quantitative estimate of drug-likeness (QED) is 0.390. The molecule has 0 saturated heterocycles. The summed E-state index contributed by atoms with van der Waals surface area (Å²) in [6, 6.07) is 0. The summed E-state index contributed by atoms with van der Waals surface area (Å²) >= 11 is 0. The van der Waals surface area contributed by atoms with E-state index in [9.17, 15) is 0 Å². The minimum atomic E-state index is -0.104. The highest BCUT2D eigenvalue weighted by molar-refractivity contribution is 5.92. The van der Waals surface area contributed by atoms with Gasteiger partial charge in [-0.1, -0.05) is 0 Å². The van der Waals surface area contributed by atoms with Crippen LogP contribution in [0.4, 0.5) is 0 Å². The van der Waals surface area contributed by atoms with Crippen molar-refractivity contribution in [1.29, 1.82) is 0 Å². The molecule has 8 heteroatoms. The third-order valence-electron chi connectivity index (χ3n) is 1.50. The van der Waals surface area contributed by atoms with E-state index in [-0.39, 0.29) is 11.9 Å². The number of aliphatic imine (C=N–C) groups is 2. The smallest absolute Gasteiger partial charge is 0.218 e. The first-order valence-electron chi connectivity index (χ1n) is 4.32. The van der Waals surface area contributed by atoms with Crippen LogP contribution in [0.2, 0.25) is 0 Å². The lowest BCUT2D eigenvalue weighted by Crippen LogP contribution is -2.26. The summed E-state index contributed by atoms with van der Waals surface area (Å²) in [6.07, 6.45) is 2.22. The van der Waals surface area contributed by atoms with E-state index in [0.29, 0.717) is 18.8 Å². The third kappa shape index (κ3) is 4.07. The van der Waals surface area contributed by atoms with Crippen LogP contribution in [0.3, 0.4) is 0 Å². The third-order valence-corrected chi connectivity index (χ3v) is 1.50. The van der Waals surface area contributed by atoms with Crippen molar-refractivity contribution in [2.24, 2.45) is 34.2 Å². The standard InChI is InChI=1S/C7H14N8/c1-15-4-12-5(14-15)2-3-11-7(10)13-6(8)9/h4H,2-3H2,1H3,(H6,8,9,10,11,13). The summed E-state index contributed by atoms with van der Waals surface area (Å²) in [5.74, 6) is 0.664. The molecule has 0 radical (unpaired) electrons. The van der Waals surface area contributed by atoms with Gasteiger partial charge in [0, 0.05) is 20.0 Å². The van der Waals surface area contributed by atoms with Crippen LogP contribution in [0.25, 0.3) is 0 Å². The van der Waals surface area contributed by atoms with Crippen LogP contribution in [-0.2, 0) is 13.5 Å².